The van der Waals surface area contributed by atoms with E-state index in [-0.39, 0.29) is 5.84 Å². The minimum atomic E-state index is -0.0468. The first kappa shape index (κ1) is 14.9. The molecule has 20 heavy (non-hydrogen) atoms. The summed E-state index contributed by atoms with van der Waals surface area (Å²) in [5, 5.41) is 8.58. The monoisotopic (exact) mass is 305 g/mol. The van der Waals surface area contributed by atoms with Crippen molar-refractivity contribution in [3.05, 3.63) is 52.7 Å². The summed E-state index contributed by atoms with van der Waals surface area (Å²) in [7, 11) is 0. The Morgan fingerprint density at radius 3 is 2.45 bits per heavy atom. The molecule has 1 aromatic carbocycles. The summed E-state index contributed by atoms with van der Waals surface area (Å²) in [6.07, 6.45) is 1.62. The number of benzene rings is 1. The number of pyridine rings is 1. The summed E-state index contributed by atoms with van der Waals surface area (Å²) in [6, 6.07) is 9.97. The average Bonchev–Trinajstić information content (AvgIpc) is 2.41. The zero-order chi connectivity index (χ0) is 14.7. The summed E-state index contributed by atoms with van der Waals surface area (Å²) in [5.74, 6) is 0.464. The highest BCUT2D eigenvalue weighted by Gasteiger charge is 2.11. The Labute approximate surface area is 128 Å². The molecule has 0 saturated heterocycles. The van der Waals surface area contributed by atoms with Gasteiger partial charge in [0, 0.05) is 16.7 Å². The minimum Gasteiger partial charge on any atom is -0.384 e. The zero-order valence-corrected chi connectivity index (χ0v) is 12.9. The van der Waals surface area contributed by atoms with Crippen LogP contribution in [0.5, 0.6) is 0 Å². The lowest BCUT2D eigenvalue weighted by Gasteiger charge is -2.09. The van der Waals surface area contributed by atoms with Crippen LogP contribution in [0.4, 0.5) is 0 Å². The number of hydrogen-bond donors (Lipinski definition) is 2. The Morgan fingerprint density at radius 1 is 1.25 bits per heavy atom. The van der Waals surface area contributed by atoms with Gasteiger partial charge in [-0.15, -0.1) is 0 Å². The number of aromatic nitrogens is 1. The van der Waals surface area contributed by atoms with Gasteiger partial charge in [-0.25, -0.2) is 4.98 Å². The van der Waals surface area contributed by atoms with Crippen molar-refractivity contribution >= 4 is 29.2 Å². The van der Waals surface area contributed by atoms with Crippen LogP contribution in [-0.2, 0) is 0 Å². The molecule has 0 aliphatic heterocycles. The van der Waals surface area contributed by atoms with Crippen LogP contribution in [0.2, 0.25) is 5.02 Å². The van der Waals surface area contributed by atoms with Crippen molar-refractivity contribution in [2.75, 3.05) is 0 Å². The van der Waals surface area contributed by atoms with E-state index in [1.807, 2.05) is 0 Å². The summed E-state index contributed by atoms with van der Waals surface area (Å²) in [4.78, 5) is 5.31. The van der Waals surface area contributed by atoms with Gasteiger partial charge in [0.05, 0.1) is 5.02 Å². The first-order valence-electron chi connectivity index (χ1n) is 6.25. The molecule has 104 valence electrons. The van der Waals surface area contributed by atoms with Gasteiger partial charge in [0.25, 0.3) is 0 Å². The molecule has 1 aromatic heterocycles. The second kappa shape index (κ2) is 6.29. The fraction of sp³-hybridized carbons (Fsp3) is 0.200. The van der Waals surface area contributed by atoms with Crippen molar-refractivity contribution in [3.63, 3.8) is 0 Å². The third-order valence-electron chi connectivity index (χ3n) is 2.91. The van der Waals surface area contributed by atoms with Crippen molar-refractivity contribution in [3.8, 4) is 0 Å². The molecule has 0 aliphatic rings. The van der Waals surface area contributed by atoms with Gasteiger partial charge in [0.1, 0.15) is 10.9 Å². The first-order chi connectivity index (χ1) is 9.49. The lowest BCUT2D eigenvalue weighted by atomic mass is 10.0. The number of hydrogen-bond acceptors (Lipinski definition) is 3. The fourth-order valence-corrected chi connectivity index (χ4v) is 2.87. The van der Waals surface area contributed by atoms with Crippen LogP contribution in [0, 0.1) is 5.41 Å². The predicted molar refractivity (Wildman–Crippen MR) is 84.9 cm³/mol. The second-order valence-corrected chi connectivity index (χ2v) is 6.16. The Hall–Kier alpha value is -1.52. The third kappa shape index (κ3) is 3.32. The van der Waals surface area contributed by atoms with Crippen molar-refractivity contribution in [1.29, 1.82) is 5.41 Å². The highest BCUT2D eigenvalue weighted by molar-refractivity contribution is 7.99. The van der Waals surface area contributed by atoms with E-state index in [9.17, 15) is 0 Å². The summed E-state index contributed by atoms with van der Waals surface area (Å²) >= 11 is 7.70. The lowest BCUT2D eigenvalue weighted by Crippen LogP contribution is -2.12. The molecule has 0 unspecified atom stereocenters. The maximum absolute atomic E-state index is 7.48. The minimum absolute atomic E-state index is 0.0468. The van der Waals surface area contributed by atoms with Gasteiger partial charge in [-0.1, -0.05) is 49.3 Å². The molecule has 5 heteroatoms. The fourth-order valence-electron chi connectivity index (χ4n) is 1.74. The van der Waals surface area contributed by atoms with E-state index in [1.54, 1.807) is 12.3 Å². The number of nitrogens with one attached hydrogen (secondary N) is 1. The number of nitrogens with two attached hydrogens (primary N) is 1. The number of halogens is 1. The van der Waals surface area contributed by atoms with Crippen LogP contribution in [0.25, 0.3) is 0 Å². The molecule has 3 N–H and O–H groups in total. The Bertz CT molecular complexity index is 624. The maximum Gasteiger partial charge on any atom is 0.124 e. The van der Waals surface area contributed by atoms with Crippen LogP contribution in [0.1, 0.15) is 30.9 Å². The number of nitrogen functional groups attached to an aromatic ring is 1. The lowest BCUT2D eigenvalue weighted by molar-refractivity contribution is 0.865. The Morgan fingerprint density at radius 2 is 1.90 bits per heavy atom. The van der Waals surface area contributed by atoms with Gasteiger partial charge in [-0.05, 0) is 29.7 Å². The van der Waals surface area contributed by atoms with Crippen molar-refractivity contribution in [2.24, 2.45) is 5.73 Å². The molecule has 0 bridgehead atoms. The Kier molecular flexibility index (Phi) is 4.68. The molecule has 0 aliphatic carbocycles. The van der Waals surface area contributed by atoms with Gasteiger partial charge in [-0.3, -0.25) is 5.41 Å². The van der Waals surface area contributed by atoms with Crippen LogP contribution in [0.15, 0.2) is 46.5 Å². The van der Waals surface area contributed by atoms with Crippen LogP contribution in [-0.4, -0.2) is 10.8 Å². The molecule has 0 atom stereocenters. The van der Waals surface area contributed by atoms with E-state index in [0.717, 1.165) is 4.90 Å². The first-order valence-corrected chi connectivity index (χ1v) is 7.45. The van der Waals surface area contributed by atoms with Crippen molar-refractivity contribution in [1.82, 2.24) is 4.98 Å². The Balaban J connectivity index is 2.26. The highest BCUT2D eigenvalue weighted by atomic mass is 35.5. The highest BCUT2D eigenvalue weighted by Crippen LogP contribution is 2.33. The van der Waals surface area contributed by atoms with E-state index in [0.29, 0.717) is 21.5 Å². The number of rotatable bonds is 4. The third-order valence-corrected chi connectivity index (χ3v) is 4.41. The van der Waals surface area contributed by atoms with Crippen LogP contribution >= 0.6 is 23.4 Å². The molecule has 0 saturated carbocycles. The SMILES string of the molecule is CC(C)c1ccc(Sc2nccc(C(=N)N)c2Cl)cc1. The number of amidine groups is 1. The zero-order valence-electron chi connectivity index (χ0n) is 11.4. The molecule has 0 fully saturated rings. The van der Waals surface area contributed by atoms with Gasteiger partial charge >= 0.3 is 0 Å². The maximum atomic E-state index is 7.48. The molecule has 1 heterocycles. The molecular formula is C15H16ClN3S. The van der Waals surface area contributed by atoms with Crippen molar-refractivity contribution in [2.45, 2.75) is 29.7 Å². The largest absolute Gasteiger partial charge is 0.384 e. The molecular weight excluding hydrogens is 290 g/mol. The van der Waals surface area contributed by atoms with E-state index in [1.165, 1.54) is 17.3 Å². The van der Waals surface area contributed by atoms with E-state index >= 15 is 0 Å². The molecule has 3 nitrogen and oxygen atoms in total. The van der Waals surface area contributed by atoms with E-state index < -0.39 is 0 Å². The van der Waals surface area contributed by atoms with Crippen molar-refractivity contribution < 1.29 is 0 Å². The summed E-state index contributed by atoms with van der Waals surface area (Å²) in [5.41, 5.74) is 7.31. The average molecular weight is 306 g/mol. The smallest absolute Gasteiger partial charge is 0.124 e. The van der Waals surface area contributed by atoms with Gasteiger partial charge in [-0.2, -0.15) is 0 Å². The molecule has 0 amide bonds. The topological polar surface area (TPSA) is 62.8 Å². The quantitative estimate of drug-likeness (QED) is 0.654. The number of nitrogens with zero attached hydrogens (tertiary/aromatic N) is 1. The van der Waals surface area contributed by atoms with Gasteiger partial charge in [0.2, 0.25) is 0 Å². The second-order valence-electron chi connectivity index (χ2n) is 4.72. The van der Waals surface area contributed by atoms with Crippen LogP contribution < -0.4 is 5.73 Å². The van der Waals surface area contributed by atoms with E-state index in [4.69, 9.17) is 22.7 Å². The molecule has 2 rings (SSSR count). The predicted octanol–water partition coefficient (Wildman–Crippen LogP) is 4.29. The molecule has 0 spiro atoms. The van der Waals surface area contributed by atoms with Gasteiger partial charge < -0.3 is 5.73 Å². The molecule has 0 radical (unpaired) electrons. The summed E-state index contributed by atoms with van der Waals surface area (Å²) < 4.78 is 0. The standard InChI is InChI=1S/C15H16ClN3S/c1-9(2)10-3-5-11(6-4-10)20-15-13(16)12(14(17)18)7-8-19-15/h3-9H,1-2H3,(H3,17,18). The summed E-state index contributed by atoms with van der Waals surface area (Å²) in [6.45, 7) is 4.33. The normalized spacial score (nSPS) is 10.8. The molecule has 2 aromatic rings. The van der Waals surface area contributed by atoms with Gasteiger partial charge in [0.15, 0.2) is 0 Å². The van der Waals surface area contributed by atoms with E-state index in [2.05, 4.69) is 43.1 Å². The van der Waals surface area contributed by atoms with Crippen LogP contribution in [0.3, 0.4) is 0 Å².